The van der Waals surface area contributed by atoms with Gasteiger partial charge in [0.1, 0.15) is 0 Å². The molecule has 0 aromatic heterocycles. The highest BCUT2D eigenvalue weighted by molar-refractivity contribution is 7.89. The summed E-state index contributed by atoms with van der Waals surface area (Å²) >= 11 is 11.7. The largest absolute Gasteiger partial charge is 0.350 e. The number of amides is 1. The number of carbonyl (C=O) groups excluding carboxylic acids is 1. The Morgan fingerprint density at radius 3 is 2.47 bits per heavy atom. The number of primary sulfonamides is 1. The van der Waals surface area contributed by atoms with E-state index in [1.54, 1.807) is 0 Å². The molecule has 0 aliphatic carbocycles. The van der Waals surface area contributed by atoms with Crippen LogP contribution in [0.25, 0.3) is 0 Å². The molecule has 1 atom stereocenters. The first-order valence-corrected chi connectivity index (χ1v) is 7.79. The fraction of sp³-hybridized carbons (Fsp3) is 0.364. The molecule has 5 nitrogen and oxygen atoms in total. The van der Waals surface area contributed by atoms with Crippen LogP contribution in [-0.4, -0.2) is 20.4 Å². The molecule has 0 bridgehead atoms. The highest BCUT2D eigenvalue weighted by atomic mass is 35.5. The van der Waals surface area contributed by atoms with Crippen molar-refractivity contribution in [2.45, 2.75) is 31.2 Å². The summed E-state index contributed by atoms with van der Waals surface area (Å²) in [6.45, 7) is 3.72. The Balaban J connectivity index is 3.27. The normalized spacial score (nSPS) is 13.1. The van der Waals surface area contributed by atoms with Gasteiger partial charge in [0.25, 0.3) is 5.91 Å². The minimum Gasteiger partial charge on any atom is -0.350 e. The van der Waals surface area contributed by atoms with Crippen LogP contribution in [0.1, 0.15) is 30.6 Å². The smallest absolute Gasteiger partial charge is 0.253 e. The monoisotopic (exact) mass is 324 g/mol. The van der Waals surface area contributed by atoms with Crippen molar-refractivity contribution < 1.29 is 13.2 Å². The first-order valence-electron chi connectivity index (χ1n) is 5.49. The lowest BCUT2D eigenvalue weighted by atomic mass is 10.2. The Hall–Kier alpha value is -0.820. The van der Waals surface area contributed by atoms with Crippen LogP contribution < -0.4 is 10.5 Å². The Morgan fingerprint density at radius 1 is 1.42 bits per heavy atom. The maximum atomic E-state index is 12.0. The molecule has 1 aromatic rings. The molecule has 0 saturated heterocycles. The van der Waals surface area contributed by atoms with Gasteiger partial charge in [-0.15, -0.1) is 0 Å². The van der Waals surface area contributed by atoms with Crippen LogP contribution in [0, 0.1) is 0 Å². The van der Waals surface area contributed by atoms with Gasteiger partial charge in [0.2, 0.25) is 10.0 Å². The molecule has 1 amide bonds. The van der Waals surface area contributed by atoms with E-state index in [0.29, 0.717) is 0 Å². The van der Waals surface area contributed by atoms with Crippen molar-refractivity contribution in [1.82, 2.24) is 5.32 Å². The summed E-state index contributed by atoms with van der Waals surface area (Å²) in [6.07, 6.45) is 0.728. The standard InChI is InChI=1S/C11H14Cl2N2O3S/c1-3-6(2)15-11(16)8-4-7(19(14,17)18)5-9(12)10(8)13/h4-6H,3H2,1-2H3,(H,15,16)(H2,14,17,18). The molecule has 0 spiro atoms. The molecule has 0 aliphatic heterocycles. The van der Waals surface area contributed by atoms with Gasteiger partial charge in [-0.05, 0) is 25.5 Å². The zero-order valence-corrected chi connectivity index (χ0v) is 12.7. The van der Waals surface area contributed by atoms with Crippen molar-refractivity contribution in [3.63, 3.8) is 0 Å². The Morgan fingerprint density at radius 2 is 2.00 bits per heavy atom. The summed E-state index contributed by atoms with van der Waals surface area (Å²) in [5.41, 5.74) is -0.0153. The summed E-state index contributed by atoms with van der Waals surface area (Å²) < 4.78 is 22.6. The maximum Gasteiger partial charge on any atom is 0.253 e. The first kappa shape index (κ1) is 16.2. The van der Waals surface area contributed by atoms with E-state index >= 15 is 0 Å². The van der Waals surface area contributed by atoms with Crippen LogP contribution in [0.2, 0.25) is 10.0 Å². The molecule has 1 rings (SSSR count). The maximum absolute atomic E-state index is 12.0. The molecule has 106 valence electrons. The van der Waals surface area contributed by atoms with Crippen LogP contribution in [-0.2, 0) is 10.0 Å². The molecule has 1 aromatic carbocycles. The number of halogens is 2. The van der Waals surface area contributed by atoms with Crippen LogP contribution in [0.15, 0.2) is 17.0 Å². The molecule has 3 N–H and O–H groups in total. The number of nitrogens with one attached hydrogen (secondary N) is 1. The third kappa shape index (κ3) is 4.07. The third-order valence-electron chi connectivity index (χ3n) is 2.56. The van der Waals surface area contributed by atoms with E-state index in [1.165, 1.54) is 0 Å². The van der Waals surface area contributed by atoms with Gasteiger partial charge in [0.05, 0.1) is 20.5 Å². The molecular formula is C11H14Cl2N2O3S. The Bertz CT molecular complexity index is 602. The number of rotatable bonds is 4. The van der Waals surface area contributed by atoms with Crippen molar-refractivity contribution in [3.05, 3.63) is 27.7 Å². The minimum atomic E-state index is -3.96. The highest BCUT2D eigenvalue weighted by Crippen LogP contribution is 2.29. The van der Waals surface area contributed by atoms with E-state index in [-0.39, 0.29) is 26.5 Å². The van der Waals surface area contributed by atoms with Gasteiger partial charge < -0.3 is 5.32 Å². The van der Waals surface area contributed by atoms with Gasteiger partial charge >= 0.3 is 0 Å². The topological polar surface area (TPSA) is 89.3 Å². The first-order chi connectivity index (χ1) is 8.66. The van der Waals surface area contributed by atoms with Crippen LogP contribution in [0.4, 0.5) is 0 Å². The molecule has 0 saturated carbocycles. The fourth-order valence-corrected chi connectivity index (χ4v) is 2.34. The number of nitrogens with two attached hydrogens (primary N) is 1. The fourth-order valence-electron chi connectivity index (χ4n) is 1.30. The lowest BCUT2D eigenvalue weighted by Gasteiger charge is -2.13. The number of sulfonamides is 1. The van der Waals surface area contributed by atoms with Crippen molar-refractivity contribution in [2.24, 2.45) is 5.14 Å². The molecular weight excluding hydrogens is 311 g/mol. The Labute approximate surface area is 122 Å². The van der Waals surface area contributed by atoms with Gasteiger partial charge in [-0.25, -0.2) is 13.6 Å². The number of hydrogen-bond donors (Lipinski definition) is 2. The summed E-state index contributed by atoms with van der Waals surface area (Å²) in [5.74, 6) is -0.494. The van der Waals surface area contributed by atoms with E-state index < -0.39 is 15.9 Å². The third-order valence-corrected chi connectivity index (χ3v) is 4.26. The van der Waals surface area contributed by atoms with E-state index in [9.17, 15) is 13.2 Å². The summed E-state index contributed by atoms with van der Waals surface area (Å²) in [7, 11) is -3.96. The average Bonchev–Trinajstić information content (AvgIpc) is 2.30. The van der Waals surface area contributed by atoms with Gasteiger partial charge in [-0.2, -0.15) is 0 Å². The lowest BCUT2D eigenvalue weighted by molar-refractivity contribution is 0.0939. The Kier molecular flexibility index (Phi) is 5.20. The van der Waals surface area contributed by atoms with Crippen molar-refractivity contribution >= 4 is 39.1 Å². The number of benzene rings is 1. The summed E-state index contributed by atoms with van der Waals surface area (Å²) in [5, 5.41) is 7.64. The second-order valence-electron chi connectivity index (χ2n) is 4.09. The SMILES string of the molecule is CCC(C)NC(=O)c1cc(S(N)(=O)=O)cc(Cl)c1Cl. The molecule has 19 heavy (non-hydrogen) atoms. The molecule has 0 aliphatic rings. The van der Waals surface area contributed by atoms with Gasteiger partial charge in [-0.1, -0.05) is 30.1 Å². The van der Waals surface area contributed by atoms with Crippen molar-refractivity contribution in [2.75, 3.05) is 0 Å². The lowest BCUT2D eigenvalue weighted by Crippen LogP contribution is -2.32. The van der Waals surface area contributed by atoms with Gasteiger partial charge in [0.15, 0.2) is 0 Å². The van der Waals surface area contributed by atoms with E-state index in [4.69, 9.17) is 28.3 Å². The van der Waals surface area contributed by atoms with E-state index in [2.05, 4.69) is 5.32 Å². The predicted molar refractivity (Wildman–Crippen MR) is 75.1 cm³/mol. The second kappa shape index (κ2) is 6.09. The second-order valence-corrected chi connectivity index (χ2v) is 6.44. The highest BCUT2D eigenvalue weighted by Gasteiger charge is 2.19. The van der Waals surface area contributed by atoms with Crippen LogP contribution >= 0.6 is 23.2 Å². The van der Waals surface area contributed by atoms with Crippen LogP contribution in [0.5, 0.6) is 0 Å². The van der Waals surface area contributed by atoms with E-state index in [0.717, 1.165) is 18.6 Å². The summed E-state index contributed by atoms with van der Waals surface area (Å²) in [4.78, 5) is 11.7. The molecule has 0 fully saturated rings. The van der Waals surface area contributed by atoms with Crippen LogP contribution in [0.3, 0.4) is 0 Å². The summed E-state index contributed by atoms with van der Waals surface area (Å²) in [6, 6.07) is 2.15. The molecule has 8 heteroatoms. The van der Waals surface area contributed by atoms with Gasteiger partial charge in [0, 0.05) is 6.04 Å². The average molecular weight is 325 g/mol. The van der Waals surface area contributed by atoms with Gasteiger partial charge in [-0.3, -0.25) is 4.79 Å². The predicted octanol–water partition coefficient (Wildman–Crippen LogP) is 2.17. The molecule has 1 unspecified atom stereocenters. The zero-order valence-electron chi connectivity index (χ0n) is 10.4. The minimum absolute atomic E-state index is 0.00475. The number of carbonyl (C=O) groups is 1. The van der Waals surface area contributed by atoms with Crippen molar-refractivity contribution in [3.8, 4) is 0 Å². The van der Waals surface area contributed by atoms with E-state index in [1.807, 2.05) is 13.8 Å². The molecule has 0 radical (unpaired) electrons. The zero-order chi connectivity index (χ0) is 14.8. The quantitative estimate of drug-likeness (QED) is 0.889. The van der Waals surface area contributed by atoms with Crippen molar-refractivity contribution in [1.29, 1.82) is 0 Å². The molecule has 0 heterocycles. The number of hydrogen-bond acceptors (Lipinski definition) is 3.